The van der Waals surface area contributed by atoms with Crippen LogP contribution in [0.4, 0.5) is 5.69 Å². The van der Waals surface area contributed by atoms with Gasteiger partial charge in [-0.2, -0.15) is 0 Å². The van der Waals surface area contributed by atoms with Gasteiger partial charge in [-0.25, -0.2) is 0 Å². The lowest BCUT2D eigenvalue weighted by Crippen LogP contribution is -2.24. The van der Waals surface area contributed by atoms with E-state index < -0.39 is 11.9 Å². The SMILES string of the molecule is Cc1cc(C)cc(NC(=O)COC(=O)C(c2ccccc2)c2ccccc2)c1. The maximum Gasteiger partial charge on any atom is 0.318 e. The summed E-state index contributed by atoms with van der Waals surface area (Å²) in [6.45, 7) is 3.60. The Morgan fingerprint density at radius 2 is 1.32 bits per heavy atom. The summed E-state index contributed by atoms with van der Waals surface area (Å²) in [4.78, 5) is 25.1. The first-order chi connectivity index (χ1) is 13.5. The number of carbonyl (C=O) groups is 2. The van der Waals surface area contributed by atoms with E-state index in [1.807, 2.05) is 92.7 Å². The Kier molecular flexibility index (Phi) is 6.22. The predicted molar refractivity (Wildman–Crippen MR) is 110 cm³/mol. The number of aryl methyl sites for hydroxylation is 2. The van der Waals surface area contributed by atoms with E-state index in [9.17, 15) is 9.59 Å². The average Bonchev–Trinajstić information content (AvgIpc) is 2.67. The number of anilines is 1. The van der Waals surface area contributed by atoms with Crippen molar-refractivity contribution in [3.05, 3.63) is 101 Å². The molecule has 0 aliphatic heterocycles. The molecule has 3 aromatic rings. The van der Waals surface area contributed by atoms with E-state index in [2.05, 4.69) is 5.32 Å². The van der Waals surface area contributed by atoms with Crippen LogP contribution in [0.5, 0.6) is 0 Å². The number of hydrogen-bond acceptors (Lipinski definition) is 3. The van der Waals surface area contributed by atoms with Crippen LogP contribution >= 0.6 is 0 Å². The first kappa shape index (κ1) is 19.4. The maximum atomic E-state index is 12.8. The summed E-state index contributed by atoms with van der Waals surface area (Å²) in [5.41, 5.74) is 4.46. The molecule has 0 aliphatic rings. The van der Waals surface area contributed by atoms with Crippen molar-refractivity contribution in [2.45, 2.75) is 19.8 Å². The summed E-state index contributed by atoms with van der Waals surface area (Å²) >= 11 is 0. The van der Waals surface area contributed by atoms with Gasteiger partial charge in [-0.3, -0.25) is 9.59 Å². The predicted octanol–water partition coefficient (Wildman–Crippen LogP) is 4.62. The lowest BCUT2D eigenvalue weighted by Gasteiger charge is -2.17. The Morgan fingerprint density at radius 3 is 1.82 bits per heavy atom. The molecular formula is C24H23NO3. The van der Waals surface area contributed by atoms with Crippen LogP contribution in [0.3, 0.4) is 0 Å². The van der Waals surface area contributed by atoms with E-state index in [1.165, 1.54) is 0 Å². The van der Waals surface area contributed by atoms with Gasteiger partial charge in [0.05, 0.1) is 0 Å². The number of amides is 1. The largest absolute Gasteiger partial charge is 0.455 e. The van der Waals surface area contributed by atoms with Crippen molar-refractivity contribution in [2.75, 3.05) is 11.9 Å². The Morgan fingerprint density at radius 1 is 0.821 bits per heavy atom. The fourth-order valence-corrected chi connectivity index (χ4v) is 3.22. The molecule has 3 aromatic carbocycles. The maximum absolute atomic E-state index is 12.8. The Bertz CT molecular complexity index is 892. The van der Waals surface area contributed by atoms with Gasteiger partial charge in [-0.1, -0.05) is 66.7 Å². The smallest absolute Gasteiger partial charge is 0.318 e. The molecule has 28 heavy (non-hydrogen) atoms. The average molecular weight is 373 g/mol. The van der Waals surface area contributed by atoms with E-state index in [0.717, 1.165) is 22.3 Å². The number of benzene rings is 3. The quantitative estimate of drug-likeness (QED) is 0.642. The minimum Gasteiger partial charge on any atom is -0.455 e. The number of nitrogens with one attached hydrogen (secondary N) is 1. The van der Waals surface area contributed by atoms with Crippen molar-refractivity contribution in [3.8, 4) is 0 Å². The highest BCUT2D eigenvalue weighted by Gasteiger charge is 2.24. The van der Waals surface area contributed by atoms with Crippen molar-refractivity contribution < 1.29 is 14.3 Å². The number of esters is 1. The topological polar surface area (TPSA) is 55.4 Å². The van der Waals surface area contributed by atoms with Gasteiger partial charge >= 0.3 is 5.97 Å². The van der Waals surface area contributed by atoms with Gasteiger partial charge in [0.15, 0.2) is 6.61 Å². The number of hydrogen-bond donors (Lipinski definition) is 1. The lowest BCUT2D eigenvalue weighted by atomic mass is 9.91. The van der Waals surface area contributed by atoms with Gasteiger partial charge < -0.3 is 10.1 Å². The molecule has 0 spiro atoms. The van der Waals surface area contributed by atoms with Gasteiger partial charge in [0.1, 0.15) is 5.92 Å². The Labute approximate surface area is 165 Å². The fraction of sp³-hybridized carbons (Fsp3) is 0.167. The second-order valence-electron chi connectivity index (χ2n) is 6.79. The van der Waals surface area contributed by atoms with Crippen LogP contribution in [0.1, 0.15) is 28.2 Å². The molecule has 0 heterocycles. The fourth-order valence-electron chi connectivity index (χ4n) is 3.22. The van der Waals surface area contributed by atoms with Gasteiger partial charge in [0.25, 0.3) is 5.91 Å². The second-order valence-corrected chi connectivity index (χ2v) is 6.79. The molecule has 3 rings (SSSR count). The van der Waals surface area contributed by atoms with Crippen LogP contribution in [-0.2, 0) is 14.3 Å². The zero-order valence-corrected chi connectivity index (χ0v) is 16.0. The minimum absolute atomic E-state index is 0.331. The van der Waals surface area contributed by atoms with Crippen molar-refractivity contribution in [2.24, 2.45) is 0 Å². The molecule has 0 aliphatic carbocycles. The molecule has 1 N–H and O–H groups in total. The molecule has 142 valence electrons. The highest BCUT2D eigenvalue weighted by molar-refractivity contribution is 5.93. The third-order valence-corrected chi connectivity index (χ3v) is 4.35. The van der Waals surface area contributed by atoms with Crippen molar-refractivity contribution >= 4 is 17.6 Å². The summed E-state index contributed by atoms with van der Waals surface area (Å²) in [5.74, 6) is -1.39. The third kappa shape index (κ3) is 5.07. The molecule has 1 amide bonds. The van der Waals surface area contributed by atoms with E-state index in [0.29, 0.717) is 5.69 Å². The normalized spacial score (nSPS) is 10.5. The first-order valence-electron chi connectivity index (χ1n) is 9.17. The van der Waals surface area contributed by atoms with Crippen LogP contribution < -0.4 is 5.32 Å². The zero-order chi connectivity index (χ0) is 19.9. The number of ether oxygens (including phenoxy) is 1. The summed E-state index contributed by atoms with van der Waals surface area (Å²) < 4.78 is 5.36. The highest BCUT2D eigenvalue weighted by Crippen LogP contribution is 2.26. The molecule has 0 saturated heterocycles. The Hall–Kier alpha value is -3.40. The number of rotatable bonds is 6. The van der Waals surface area contributed by atoms with Gasteiger partial charge in [0.2, 0.25) is 0 Å². The molecule has 0 fully saturated rings. The zero-order valence-electron chi connectivity index (χ0n) is 16.0. The van der Waals surface area contributed by atoms with Gasteiger partial charge in [-0.05, 0) is 48.2 Å². The molecule has 0 unspecified atom stereocenters. The van der Waals surface area contributed by atoms with Crippen LogP contribution in [0.2, 0.25) is 0 Å². The van der Waals surface area contributed by atoms with Crippen molar-refractivity contribution in [1.82, 2.24) is 0 Å². The monoisotopic (exact) mass is 373 g/mol. The standard InChI is InChI=1S/C24H23NO3/c1-17-13-18(2)15-21(14-17)25-22(26)16-28-24(27)23(19-9-5-3-6-10-19)20-11-7-4-8-12-20/h3-15,23H,16H2,1-2H3,(H,25,26). The third-order valence-electron chi connectivity index (χ3n) is 4.35. The summed E-state index contributed by atoms with van der Waals surface area (Å²) in [6, 6.07) is 24.6. The van der Waals surface area contributed by atoms with Gasteiger partial charge in [-0.15, -0.1) is 0 Å². The van der Waals surface area contributed by atoms with Crippen LogP contribution in [-0.4, -0.2) is 18.5 Å². The molecule has 4 heteroatoms. The molecule has 4 nitrogen and oxygen atoms in total. The van der Waals surface area contributed by atoms with E-state index >= 15 is 0 Å². The molecular weight excluding hydrogens is 350 g/mol. The van der Waals surface area contributed by atoms with E-state index in [1.54, 1.807) is 0 Å². The second kappa shape index (κ2) is 9.00. The van der Waals surface area contributed by atoms with Gasteiger partial charge in [0, 0.05) is 5.69 Å². The highest BCUT2D eigenvalue weighted by atomic mass is 16.5. The van der Waals surface area contributed by atoms with Crippen LogP contribution in [0, 0.1) is 13.8 Å². The minimum atomic E-state index is -0.573. The summed E-state index contributed by atoms with van der Waals surface area (Å²) in [6.07, 6.45) is 0. The van der Waals surface area contributed by atoms with E-state index in [4.69, 9.17) is 4.74 Å². The van der Waals surface area contributed by atoms with Crippen LogP contribution in [0.25, 0.3) is 0 Å². The summed E-state index contributed by atoms with van der Waals surface area (Å²) in [5, 5.41) is 2.78. The van der Waals surface area contributed by atoms with Crippen molar-refractivity contribution in [1.29, 1.82) is 0 Å². The first-order valence-corrected chi connectivity index (χ1v) is 9.17. The molecule has 0 atom stereocenters. The van der Waals surface area contributed by atoms with E-state index in [-0.39, 0.29) is 12.5 Å². The molecule has 0 saturated carbocycles. The van der Waals surface area contributed by atoms with Crippen LogP contribution in [0.15, 0.2) is 78.9 Å². The summed E-state index contributed by atoms with van der Waals surface area (Å²) in [7, 11) is 0. The Balaban J connectivity index is 1.69. The molecule has 0 aromatic heterocycles. The number of carbonyl (C=O) groups excluding carboxylic acids is 2. The molecule has 0 bridgehead atoms. The molecule has 0 radical (unpaired) electrons. The van der Waals surface area contributed by atoms with Crippen molar-refractivity contribution in [3.63, 3.8) is 0 Å². The lowest BCUT2D eigenvalue weighted by molar-refractivity contribution is -0.147.